The first-order valence-electron chi connectivity index (χ1n) is 13.7. The summed E-state index contributed by atoms with van der Waals surface area (Å²) >= 11 is 0. The second kappa shape index (κ2) is 6.66. The predicted octanol–water partition coefficient (Wildman–Crippen LogP) is 7.14. The van der Waals surface area contributed by atoms with Gasteiger partial charge in [0.05, 0.1) is 12.2 Å². The molecule has 4 fully saturated rings. The van der Waals surface area contributed by atoms with E-state index in [1.165, 1.54) is 32.1 Å². The van der Waals surface area contributed by atoms with Crippen LogP contribution in [-0.4, -0.2) is 22.4 Å². The molecule has 0 heterocycles. The molecule has 182 valence electrons. The topological polar surface area (TPSA) is 40.5 Å². The summed E-state index contributed by atoms with van der Waals surface area (Å²) in [5.74, 6) is 1.75. The summed E-state index contributed by atoms with van der Waals surface area (Å²) in [7, 11) is 0. The third kappa shape index (κ3) is 2.72. The van der Waals surface area contributed by atoms with Crippen LogP contribution < -0.4 is 0 Å². The molecule has 0 aromatic heterocycles. The number of rotatable bonds is 0. The van der Waals surface area contributed by atoms with E-state index in [0.717, 1.165) is 25.7 Å². The number of fused-ring (bicyclic) bond motifs is 7. The van der Waals surface area contributed by atoms with E-state index in [0.29, 0.717) is 23.2 Å². The van der Waals surface area contributed by atoms with Crippen molar-refractivity contribution in [2.45, 2.75) is 125 Å². The highest BCUT2D eigenvalue weighted by Gasteiger charge is 2.69. The van der Waals surface area contributed by atoms with Crippen molar-refractivity contribution in [3.05, 3.63) is 11.6 Å². The Labute approximate surface area is 197 Å². The Morgan fingerprint density at radius 1 is 0.719 bits per heavy atom. The van der Waals surface area contributed by atoms with E-state index in [4.69, 9.17) is 0 Å². The monoisotopic (exact) mass is 442 g/mol. The summed E-state index contributed by atoms with van der Waals surface area (Å²) in [6.07, 6.45) is 12.6. The van der Waals surface area contributed by atoms with Gasteiger partial charge in [0.1, 0.15) is 0 Å². The zero-order valence-corrected chi connectivity index (χ0v) is 22.2. The molecular formula is C30H50O2. The Hall–Kier alpha value is -0.340. The zero-order valence-electron chi connectivity index (χ0n) is 22.2. The van der Waals surface area contributed by atoms with E-state index in [1.807, 2.05) is 0 Å². The summed E-state index contributed by atoms with van der Waals surface area (Å²) in [5.41, 5.74) is 2.71. The van der Waals surface area contributed by atoms with Crippen molar-refractivity contribution in [2.75, 3.05) is 0 Å². The number of allylic oxidation sites excluding steroid dienone is 2. The molecule has 2 nitrogen and oxygen atoms in total. The van der Waals surface area contributed by atoms with Crippen molar-refractivity contribution in [3.8, 4) is 0 Å². The van der Waals surface area contributed by atoms with Crippen LogP contribution in [0.4, 0.5) is 0 Å². The fraction of sp³-hybridized carbons (Fsp3) is 0.933. The minimum atomic E-state index is -0.198. The highest BCUT2D eigenvalue weighted by molar-refractivity contribution is 5.34. The van der Waals surface area contributed by atoms with Crippen LogP contribution in [0.2, 0.25) is 0 Å². The molecule has 0 bridgehead atoms. The minimum absolute atomic E-state index is 0.00271. The Morgan fingerprint density at radius 2 is 1.41 bits per heavy atom. The van der Waals surface area contributed by atoms with Gasteiger partial charge in [-0.3, -0.25) is 0 Å². The molecule has 9 atom stereocenters. The fourth-order valence-electron chi connectivity index (χ4n) is 10.6. The average Bonchev–Trinajstić information content (AvgIpc) is 2.68. The van der Waals surface area contributed by atoms with Crippen LogP contribution in [0.1, 0.15) is 113 Å². The summed E-state index contributed by atoms with van der Waals surface area (Å²) in [6, 6.07) is 0. The van der Waals surface area contributed by atoms with Crippen LogP contribution >= 0.6 is 0 Å². The second-order valence-electron chi connectivity index (χ2n) is 15.3. The quantitative estimate of drug-likeness (QED) is 0.391. The van der Waals surface area contributed by atoms with Crippen molar-refractivity contribution in [3.63, 3.8) is 0 Å². The first-order valence-corrected chi connectivity index (χ1v) is 13.7. The lowest BCUT2D eigenvalue weighted by molar-refractivity contribution is -0.213. The van der Waals surface area contributed by atoms with E-state index in [2.05, 4.69) is 61.5 Å². The van der Waals surface area contributed by atoms with Crippen LogP contribution in [0, 0.1) is 50.2 Å². The highest BCUT2D eigenvalue weighted by Crippen LogP contribution is 2.75. The normalized spacial score (nSPS) is 56.2. The SMILES string of the molecule is CC1(C)CC[C@]2(C)[C@H](O)C[C@]3(C)C(=CC[C@H]4[C@@]5(C)CC[C@H](O)C(C)(C)[C@H]5CC[C@]43C)[C@H]2C1. The van der Waals surface area contributed by atoms with Gasteiger partial charge in [-0.1, -0.05) is 67.0 Å². The largest absolute Gasteiger partial charge is 0.393 e. The lowest BCUT2D eigenvalue weighted by atomic mass is 9.33. The molecule has 5 aliphatic rings. The van der Waals surface area contributed by atoms with Gasteiger partial charge in [0, 0.05) is 5.41 Å². The number of aliphatic hydroxyl groups excluding tert-OH is 2. The number of hydrogen-bond donors (Lipinski definition) is 2. The van der Waals surface area contributed by atoms with Gasteiger partial charge in [-0.15, -0.1) is 0 Å². The Balaban J connectivity index is 1.60. The number of aliphatic hydroxyl groups is 2. The van der Waals surface area contributed by atoms with Gasteiger partial charge in [-0.25, -0.2) is 0 Å². The van der Waals surface area contributed by atoms with Gasteiger partial charge >= 0.3 is 0 Å². The minimum Gasteiger partial charge on any atom is -0.393 e. The third-order valence-corrected chi connectivity index (χ3v) is 13.1. The lowest BCUT2D eigenvalue weighted by Gasteiger charge is -2.72. The molecule has 0 amide bonds. The maximum Gasteiger partial charge on any atom is 0.0608 e. The highest BCUT2D eigenvalue weighted by atomic mass is 16.3. The van der Waals surface area contributed by atoms with E-state index in [-0.39, 0.29) is 39.3 Å². The summed E-state index contributed by atoms with van der Waals surface area (Å²) < 4.78 is 0. The first-order chi connectivity index (χ1) is 14.6. The van der Waals surface area contributed by atoms with E-state index < -0.39 is 0 Å². The molecule has 2 heteroatoms. The van der Waals surface area contributed by atoms with E-state index in [9.17, 15) is 10.2 Å². The van der Waals surface area contributed by atoms with Crippen molar-refractivity contribution in [2.24, 2.45) is 50.2 Å². The van der Waals surface area contributed by atoms with Gasteiger partial charge < -0.3 is 10.2 Å². The smallest absolute Gasteiger partial charge is 0.0608 e. The molecule has 5 aliphatic carbocycles. The number of hydrogen-bond acceptors (Lipinski definition) is 2. The van der Waals surface area contributed by atoms with Crippen LogP contribution in [0.25, 0.3) is 0 Å². The maximum absolute atomic E-state index is 11.7. The molecule has 0 spiro atoms. The van der Waals surface area contributed by atoms with Gasteiger partial charge in [0.2, 0.25) is 0 Å². The molecule has 0 aromatic rings. The van der Waals surface area contributed by atoms with Crippen LogP contribution in [0.15, 0.2) is 11.6 Å². The molecule has 0 saturated heterocycles. The van der Waals surface area contributed by atoms with Crippen LogP contribution in [0.3, 0.4) is 0 Å². The maximum atomic E-state index is 11.7. The van der Waals surface area contributed by atoms with Crippen LogP contribution in [0.5, 0.6) is 0 Å². The van der Waals surface area contributed by atoms with E-state index >= 15 is 0 Å². The average molecular weight is 443 g/mol. The molecule has 0 aromatic carbocycles. The van der Waals surface area contributed by atoms with E-state index in [1.54, 1.807) is 5.57 Å². The zero-order chi connectivity index (χ0) is 23.5. The predicted molar refractivity (Wildman–Crippen MR) is 132 cm³/mol. The molecule has 0 unspecified atom stereocenters. The third-order valence-electron chi connectivity index (χ3n) is 13.1. The van der Waals surface area contributed by atoms with Crippen molar-refractivity contribution < 1.29 is 10.2 Å². The molecule has 0 aliphatic heterocycles. The molecule has 0 radical (unpaired) electrons. The van der Waals surface area contributed by atoms with Gasteiger partial charge in [-0.05, 0) is 103 Å². The van der Waals surface area contributed by atoms with Crippen molar-refractivity contribution >= 4 is 0 Å². The molecule has 5 rings (SSSR count). The second-order valence-corrected chi connectivity index (χ2v) is 15.3. The Kier molecular flexibility index (Phi) is 4.87. The molecule has 2 N–H and O–H groups in total. The molecule has 4 saturated carbocycles. The summed E-state index contributed by atoms with van der Waals surface area (Å²) in [6.45, 7) is 19.7. The summed E-state index contributed by atoms with van der Waals surface area (Å²) in [5, 5.41) is 22.6. The fourth-order valence-corrected chi connectivity index (χ4v) is 10.6. The van der Waals surface area contributed by atoms with Crippen molar-refractivity contribution in [1.29, 1.82) is 0 Å². The lowest BCUT2D eigenvalue weighted by Crippen LogP contribution is -2.66. The van der Waals surface area contributed by atoms with Crippen LogP contribution in [-0.2, 0) is 0 Å². The molecule has 32 heavy (non-hydrogen) atoms. The van der Waals surface area contributed by atoms with Gasteiger partial charge in [-0.2, -0.15) is 0 Å². The summed E-state index contributed by atoms with van der Waals surface area (Å²) in [4.78, 5) is 0. The van der Waals surface area contributed by atoms with Gasteiger partial charge in [0.25, 0.3) is 0 Å². The first kappa shape index (κ1) is 23.4. The Bertz CT molecular complexity index is 825. The van der Waals surface area contributed by atoms with Gasteiger partial charge in [0.15, 0.2) is 0 Å². The molecular weight excluding hydrogens is 392 g/mol. The Morgan fingerprint density at radius 3 is 2.09 bits per heavy atom. The standard InChI is InChI=1S/C30H50O2/c1-25(2)15-16-27(5)20(17-25)19-9-10-22-28(6)13-12-23(31)26(3,4)21(28)11-14-29(22,7)30(19,8)18-24(27)32/h9,20-24,31-32H,10-18H2,1-8H3/t20-,21-,22+,23+,24-,27+,28+,29-,30-/m1/s1. The van der Waals surface area contributed by atoms with Crippen molar-refractivity contribution in [1.82, 2.24) is 0 Å².